The molecule has 1 fully saturated rings. The average molecular weight is 305 g/mol. The third-order valence-corrected chi connectivity index (χ3v) is 5.19. The van der Waals surface area contributed by atoms with E-state index in [1.165, 1.54) is 0 Å². The standard InChI is InChI=1S/C12H14Cl2N2OS/c13-9-2-1-7(5-10(9)14)18-8-3-4-12(16,6-8)11(15)17/h1-2,5,8H,3-4,6,16H2,(H2,15,17). The van der Waals surface area contributed by atoms with Gasteiger partial charge in [-0.2, -0.15) is 0 Å². The van der Waals surface area contributed by atoms with Gasteiger partial charge >= 0.3 is 0 Å². The average Bonchev–Trinajstić information content (AvgIpc) is 2.67. The van der Waals surface area contributed by atoms with Crippen molar-refractivity contribution in [3.05, 3.63) is 28.2 Å². The van der Waals surface area contributed by atoms with Crippen molar-refractivity contribution in [1.82, 2.24) is 0 Å². The summed E-state index contributed by atoms with van der Waals surface area (Å²) < 4.78 is 0. The van der Waals surface area contributed by atoms with Crippen LogP contribution in [-0.2, 0) is 4.79 Å². The first-order valence-electron chi connectivity index (χ1n) is 5.61. The van der Waals surface area contributed by atoms with Crippen LogP contribution in [0.5, 0.6) is 0 Å². The predicted octanol–water partition coefficient (Wildman–Crippen LogP) is 2.82. The molecule has 1 aromatic rings. The molecule has 0 aliphatic heterocycles. The van der Waals surface area contributed by atoms with Gasteiger partial charge in [0.2, 0.25) is 5.91 Å². The highest BCUT2D eigenvalue weighted by atomic mass is 35.5. The van der Waals surface area contributed by atoms with Gasteiger partial charge < -0.3 is 11.5 Å². The van der Waals surface area contributed by atoms with E-state index in [9.17, 15) is 4.79 Å². The van der Waals surface area contributed by atoms with Crippen molar-refractivity contribution in [2.45, 2.75) is 34.9 Å². The first-order valence-corrected chi connectivity index (χ1v) is 7.25. The largest absolute Gasteiger partial charge is 0.368 e. The van der Waals surface area contributed by atoms with Crippen molar-refractivity contribution in [3.63, 3.8) is 0 Å². The first kappa shape index (κ1) is 14.0. The van der Waals surface area contributed by atoms with Gasteiger partial charge in [-0.1, -0.05) is 23.2 Å². The minimum absolute atomic E-state index is 0.291. The van der Waals surface area contributed by atoms with Crippen LogP contribution in [-0.4, -0.2) is 16.7 Å². The van der Waals surface area contributed by atoms with Gasteiger partial charge in [-0.15, -0.1) is 11.8 Å². The number of primary amides is 1. The molecule has 1 saturated carbocycles. The Morgan fingerprint density at radius 1 is 1.39 bits per heavy atom. The summed E-state index contributed by atoms with van der Waals surface area (Å²) in [6, 6.07) is 5.51. The summed E-state index contributed by atoms with van der Waals surface area (Å²) >= 11 is 13.5. The second-order valence-corrected chi connectivity index (χ2v) is 6.77. The Morgan fingerprint density at radius 2 is 2.11 bits per heavy atom. The van der Waals surface area contributed by atoms with Crippen molar-refractivity contribution >= 4 is 40.9 Å². The predicted molar refractivity (Wildman–Crippen MR) is 76.1 cm³/mol. The molecule has 1 aromatic carbocycles. The highest BCUT2D eigenvalue weighted by Crippen LogP contribution is 2.40. The Labute approximate surface area is 120 Å². The van der Waals surface area contributed by atoms with Crippen LogP contribution < -0.4 is 11.5 Å². The molecule has 98 valence electrons. The topological polar surface area (TPSA) is 69.1 Å². The zero-order chi connectivity index (χ0) is 13.3. The Balaban J connectivity index is 2.03. The number of benzene rings is 1. The van der Waals surface area contributed by atoms with E-state index < -0.39 is 11.4 Å². The highest BCUT2D eigenvalue weighted by molar-refractivity contribution is 8.00. The third kappa shape index (κ3) is 2.94. The van der Waals surface area contributed by atoms with Crippen molar-refractivity contribution < 1.29 is 4.79 Å². The van der Waals surface area contributed by atoms with E-state index in [4.69, 9.17) is 34.7 Å². The van der Waals surface area contributed by atoms with E-state index in [0.29, 0.717) is 28.1 Å². The fourth-order valence-corrected chi connectivity index (χ4v) is 3.79. The first-order chi connectivity index (χ1) is 8.40. The lowest BCUT2D eigenvalue weighted by Gasteiger charge is -2.19. The highest BCUT2D eigenvalue weighted by Gasteiger charge is 2.40. The number of halogens is 2. The number of hydrogen-bond donors (Lipinski definition) is 2. The summed E-state index contributed by atoms with van der Waals surface area (Å²) in [6.45, 7) is 0. The van der Waals surface area contributed by atoms with Crippen LogP contribution in [0.1, 0.15) is 19.3 Å². The van der Waals surface area contributed by atoms with Crippen LogP contribution in [0.2, 0.25) is 10.0 Å². The van der Waals surface area contributed by atoms with Crippen LogP contribution >= 0.6 is 35.0 Å². The van der Waals surface area contributed by atoms with E-state index in [1.54, 1.807) is 17.8 Å². The molecule has 2 unspecified atom stereocenters. The Kier molecular flexibility index (Phi) is 4.11. The van der Waals surface area contributed by atoms with Gasteiger partial charge in [-0.3, -0.25) is 4.79 Å². The number of nitrogens with two attached hydrogens (primary N) is 2. The van der Waals surface area contributed by atoms with Crippen LogP contribution in [0.25, 0.3) is 0 Å². The van der Waals surface area contributed by atoms with Crippen molar-refractivity contribution in [2.75, 3.05) is 0 Å². The molecule has 0 heterocycles. The summed E-state index contributed by atoms with van der Waals surface area (Å²) in [6.07, 6.45) is 2.12. The molecule has 0 radical (unpaired) electrons. The van der Waals surface area contributed by atoms with E-state index in [-0.39, 0.29) is 0 Å². The van der Waals surface area contributed by atoms with E-state index in [2.05, 4.69) is 0 Å². The van der Waals surface area contributed by atoms with E-state index in [0.717, 1.165) is 11.3 Å². The molecule has 0 spiro atoms. The number of carbonyl (C=O) groups is 1. The quantitative estimate of drug-likeness (QED) is 0.902. The molecule has 2 rings (SSSR count). The van der Waals surface area contributed by atoms with Gasteiger partial charge in [0, 0.05) is 10.1 Å². The summed E-state index contributed by atoms with van der Waals surface area (Å²) in [7, 11) is 0. The molecular weight excluding hydrogens is 291 g/mol. The van der Waals surface area contributed by atoms with Gasteiger partial charge in [-0.05, 0) is 37.5 Å². The number of carbonyl (C=O) groups excluding carboxylic acids is 1. The summed E-state index contributed by atoms with van der Waals surface area (Å²) in [5.74, 6) is -0.417. The summed E-state index contributed by atoms with van der Waals surface area (Å²) in [4.78, 5) is 12.3. The number of hydrogen-bond acceptors (Lipinski definition) is 3. The lowest BCUT2D eigenvalue weighted by atomic mass is 9.99. The zero-order valence-electron chi connectivity index (χ0n) is 9.66. The molecule has 1 aliphatic rings. The number of thioether (sulfide) groups is 1. The van der Waals surface area contributed by atoms with Gasteiger partial charge in [-0.25, -0.2) is 0 Å². The van der Waals surface area contributed by atoms with Crippen LogP contribution in [0.3, 0.4) is 0 Å². The van der Waals surface area contributed by atoms with Crippen molar-refractivity contribution in [3.8, 4) is 0 Å². The Bertz CT molecular complexity index is 483. The fourth-order valence-electron chi connectivity index (χ4n) is 2.10. The Hall–Kier alpha value is -0.420. The molecule has 3 nitrogen and oxygen atoms in total. The SMILES string of the molecule is NC(=O)C1(N)CCC(Sc2ccc(Cl)c(Cl)c2)C1. The molecule has 1 amide bonds. The third-order valence-electron chi connectivity index (χ3n) is 3.19. The molecule has 18 heavy (non-hydrogen) atoms. The zero-order valence-corrected chi connectivity index (χ0v) is 12.0. The normalized spacial score (nSPS) is 27.4. The monoisotopic (exact) mass is 304 g/mol. The van der Waals surface area contributed by atoms with E-state index in [1.807, 2.05) is 12.1 Å². The lowest BCUT2D eigenvalue weighted by Crippen LogP contribution is -2.50. The summed E-state index contributed by atoms with van der Waals surface area (Å²) in [5, 5.41) is 1.37. The molecule has 4 N–H and O–H groups in total. The van der Waals surface area contributed by atoms with Crippen LogP contribution in [0, 0.1) is 0 Å². The maximum Gasteiger partial charge on any atom is 0.237 e. The molecule has 0 bridgehead atoms. The molecular formula is C12H14Cl2N2OS. The lowest BCUT2D eigenvalue weighted by molar-refractivity contribution is -0.122. The Morgan fingerprint density at radius 3 is 2.67 bits per heavy atom. The molecule has 0 saturated heterocycles. The minimum atomic E-state index is -0.853. The van der Waals surface area contributed by atoms with Gasteiger partial charge in [0.05, 0.1) is 15.6 Å². The van der Waals surface area contributed by atoms with Gasteiger partial charge in [0.15, 0.2) is 0 Å². The van der Waals surface area contributed by atoms with Gasteiger partial charge in [0.1, 0.15) is 0 Å². The molecule has 1 aliphatic carbocycles. The van der Waals surface area contributed by atoms with Crippen LogP contribution in [0.4, 0.5) is 0 Å². The van der Waals surface area contributed by atoms with Crippen LogP contribution in [0.15, 0.2) is 23.1 Å². The maximum atomic E-state index is 11.3. The molecule has 2 atom stereocenters. The smallest absolute Gasteiger partial charge is 0.237 e. The number of amides is 1. The van der Waals surface area contributed by atoms with E-state index >= 15 is 0 Å². The summed E-state index contributed by atoms with van der Waals surface area (Å²) in [5.41, 5.74) is 10.4. The maximum absolute atomic E-state index is 11.3. The van der Waals surface area contributed by atoms with Gasteiger partial charge in [0.25, 0.3) is 0 Å². The molecule has 6 heteroatoms. The fraction of sp³-hybridized carbons (Fsp3) is 0.417. The minimum Gasteiger partial charge on any atom is -0.368 e. The second-order valence-electron chi connectivity index (χ2n) is 4.58. The molecule has 0 aromatic heterocycles. The van der Waals surface area contributed by atoms with Crippen molar-refractivity contribution in [1.29, 1.82) is 0 Å². The second kappa shape index (κ2) is 5.29. The number of rotatable bonds is 3. The van der Waals surface area contributed by atoms with Crippen molar-refractivity contribution in [2.24, 2.45) is 11.5 Å².